The van der Waals surface area contributed by atoms with Gasteiger partial charge in [0, 0.05) is 42.0 Å². The molecule has 2 heterocycles. The van der Waals surface area contributed by atoms with Gasteiger partial charge in [0.1, 0.15) is 18.3 Å². The van der Waals surface area contributed by atoms with E-state index in [1.54, 1.807) is 7.11 Å². The normalized spacial score (nSPS) is 34.9. The first-order valence-electron chi connectivity index (χ1n) is 17.8. The molecule has 5 aliphatic carbocycles. The topological polar surface area (TPSA) is 116 Å². The van der Waals surface area contributed by atoms with Crippen LogP contribution in [0.25, 0.3) is 0 Å². The van der Waals surface area contributed by atoms with Crippen LogP contribution in [0.5, 0.6) is 11.5 Å². The molecule has 0 unspecified atom stereocenters. The first-order valence-corrected chi connectivity index (χ1v) is 17.8. The SMILES string of the molecule is COCCOCCOCCOCC(=O)Oc1ccc2c3c1O[C@H]1[C@]4(O)CC[C@@]5(C[C@@H]4[C@@](C)(O)C(C)(C)C)[C@@H](C2)N(CC2CC2)CC[C@]315. The van der Waals surface area contributed by atoms with Gasteiger partial charge in [0.05, 0.1) is 45.2 Å². The van der Waals surface area contributed by atoms with Crippen LogP contribution in [0.15, 0.2) is 12.1 Å². The Morgan fingerprint density at radius 2 is 1.70 bits per heavy atom. The second-order valence-electron chi connectivity index (χ2n) is 16.4. The van der Waals surface area contributed by atoms with Gasteiger partial charge in [-0.1, -0.05) is 26.8 Å². The maximum Gasteiger partial charge on any atom is 0.337 e. The number of ether oxygens (including phenoxy) is 6. The lowest BCUT2D eigenvalue weighted by Crippen LogP contribution is -2.82. The number of carbonyl (C=O) groups excluding carboxylic acids is 1. The Balaban J connectivity index is 1.13. The zero-order valence-electron chi connectivity index (χ0n) is 29.0. The number of fused-ring (bicyclic) bond motifs is 2. The van der Waals surface area contributed by atoms with Crippen LogP contribution in [0, 0.1) is 22.7 Å². The van der Waals surface area contributed by atoms with Crippen molar-refractivity contribution < 1.29 is 43.4 Å². The van der Waals surface area contributed by atoms with E-state index in [-0.39, 0.29) is 30.0 Å². The molecular weight excluding hydrogens is 602 g/mol. The summed E-state index contributed by atoms with van der Waals surface area (Å²) in [5, 5.41) is 25.1. The summed E-state index contributed by atoms with van der Waals surface area (Å²) in [6, 6.07) is 4.31. The number of hydrogen-bond donors (Lipinski definition) is 2. The molecule has 262 valence electrons. The standard InChI is InChI=1S/C37H55NO9/c1-33(2,3)34(4,40)27-21-35-10-11-37(27,41)32-36(35)12-13-38(22-24-6-7-24)28(35)20-25-8-9-26(31(47-32)30(25)36)46-29(39)23-45-19-18-44-17-16-43-15-14-42-5/h8-9,24,27-28,32,40-41H,6-7,10-23H2,1-5H3/t27-,28-,32-,34-,35-,36+,37+/m1/s1. The summed E-state index contributed by atoms with van der Waals surface area (Å²) in [5.74, 6) is 0.924. The number of hydrogen-bond acceptors (Lipinski definition) is 10. The Morgan fingerprint density at radius 1 is 1.00 bits per heavy atom. The third kappa shape index (κ3) is 5.27. The second kappa shape index (κ2) is 12.2. The van der Waals surface area contributed by atoms with Crippen molar-refractivity contribution in [1.29, 1.82) is 0 Å². The number of methoxy groups -OCH3 is 1. The molecular formula is C37H55NO9. The lowest BCUT2D eigenvalue weighted by atomic mass is 9.33. The van der Waals surface area contributed by atoms with Gasteiger partial charge in [0.25, 0.3) is 0 Å². The molecule has 2 N–H and O–H groups in total. The van der Waals surface area contributed by atoms with E-state index in [2.05, 4.69) is 31.7 Å². The minimum atomic E-state index is -1.21. The molecule has 7 aliphatic rings. The van der Waals surface area contributed by atoms with Crippen LogP contribution >= 0.6 is 0 Å². The molecule has 4 saturated carbocycles. The molecule has 0 radical (unpaired) electrons. The molecule has 1 aromatic carbocycles. The predicted molar refractivity (Wildman–Crippen MR) is 174 cm³/mol. The fourth-order valence-electron chi connectivity index (χ4n) is 10.2. The summed E-state index contributed by atoms with van der Waals surface area (Å²) in [6.45, 7) is 12.6. The fourth-order valence-corrected chi connectivity index (χ4v) is 10.2. The Bertz CT molecular complexity index is 1340. The van der Waals surface area contributed by atoms with Crippen molar-refractivity contribution in [1.82, 2.24) is 4.90 Å². The number of nitrogens with zero attached hydrogens (tertiary/aromatic N) is 1. The van der Waals surface area contributed by atoms with E-state index in [1.165, 1.54) is 18.4 Å². The van der Waals surface area contributed by atoms with Crippen LogP contribution in [0.1, 0.15) is 77.3 Å². The molecule has 2 spiro atoms. The molecule has 2 aliphatic heterocycles. The summed E-state index contributed by atoms with van der Waals surface area (Å²) in [6.07, 6.45) is 6.17. The third-order valence-corrected chi connectivity index (χ3v) is 13.1. The van der Waals surface area contributed by atoms with Crippen LogP contribution < -0.4 is 9.47 Å². The number of aliphatic hydroxyl groups is 2. The number of esters is 1. The van der Waals surface area contributed by atoms with E-state index < -0.39 is 28.7 Å². The summed E-state index contributed by atoms with van der Waals surface area (Å²) in [4.78, 5) is 15.8. The molecule has 1 saturated heterocycles. The first kappa shape index (κ1) is 33.7. The van der Waals surface area contributed by atoms with Gasteiger partial charge in [-0.2, -0.15) is 0 Å². The van der Waals surface area contributed by atoms with Crippen molar-refractivity contribution in [3.63, 3.8) is 0 Å². The summed E-state index contributed by atoms with van der Waals surface area (Å²) < 4.78 is 34.3. The molecule has 7 atom stereocenters. The largest absolute Gasteiger partial charge is 0.482 e. The van der Waals surface area contributed by atoms with E-state index in [0.29, 0.717) is 57.0 Å². The molecule has 1 aromatic rings. The number of carbonyl (C=O) groups is 1. The minimum absolute atomic E-state index is 0.145. The van der Waals surface area contributed by atoms with Crippen LogP contribution in [-0.4, -0.2) is 111 Å². The molecule has 4 bridgehead atoms. The number of piperidine rings is 1. The van der Waals surface area contributed by atoms with E-state index in [1.807, 2.05) is 13.0 Å². The highest BCUT2D eigenvalue weighted by Gasteiger charge is 2.82. The van der Waals surface area contributed by atoms with Gasteiger partial charge in [0.2, 0.25) is 0 Å². The van der Waals surface area contributed by atoms with E-state index in [4.69, 9.17) is 28.4 Å². The Morgan fingerprint density at radius 3 is 2.38 bits per heavy atom. The van der Waals surface area contributed by atoms with Crippen molar-refractivity contribution in [2.24, 2.45) is 22.7 Å². The van der Waals surface area contributed by atoms with Crippen molar-refractivity contribution in [2.45, 2.75) is 101 Å². The summed E-state index contributed by atoms with van der Waals surface area (Å²) >= 11 is 0. The van der Waals surface area contributed by atoms with Crippen LogP contribution in [-0.2, 0) is 35.6 Å². The van der Waals surface area contributed by atoms with Crippen molar-refractivity contribution >= 4 is 5.97 Å². The maximum absolute atomic E-state index is 13.0. The second-order valence-corrected chi connectivity index (χ2v) is 16.4. The summed E-state index contributed by atoms with van der Waals surface area (Å²) in [7, 11) is 1.63. The van der Waals surface area contributed by atoms with Crippen LogP contribution in [0.4, 0.5) is 0 Å². The highest BCUT2D eigenvalue weighted by molar-refractivity contribution is 5.76. The molecule has 10 heteroatoms. The number of rotatable bonds is 15. The smallest absolute Gasteiger partial charge is 0.337 e. The Kier molecular flexibility index (Phi) is 8.76. The maximum atomic E-state index is 13.0. The van der Waals surface area contributed by atoms with Crippen molar-refractivity contribution in [3.05, 3.63) is 23.3 Å². The van der Waals surface area contributed by atoms with Gasteiger partial charge in [-0.05, 0) is 81.4 Å². The van der Waals surface area contributed by atoms with Crippen LogP contribution in [0.2, 0.25) is 0 Å². The highest BCUT2D eigenvalue weighted by Crippen LogP contribution is 2.77. The zero-order valence-corrected chi connectivity index (χ0v) is 29.0. The third-order valence-electron chi connectivity index (χ3n) is 13.1. The van der Waals surface area contributed by atoms with Crippen LogP contribution in [0.3, 0.4) is 0 Å². The van der Waals surface area contributed by atoms with E-state index in [9.17, 15) is 15.0 Å². The number of benzene rings is 1. The first-order chi connectivity index (χ1) is 22.4. The average molecular weight is 658 g/mol. The molecule has 47 heavy (non-hydrogen) atoms. The van der Waals surface area contributed by atoms with Crippen molar-refractivity contribution in [3.8, 4) is 11.5 Å². The Hall–Kier alpha value is -1.79. The van der Waals surface area contributed by atoms with Gasteiger partial charge in [-0.15, -0.1) is 0 Å². The van der Waals surface area contributed by atoms with Gasteiger partial charge < -0.3 is 38.6 Å². The fraction of sp³-hybridized carbons (Fsp3) is 0.811. The van der Waals surface area contributed by atoms with Gasteiger partial charge in [-0.3, -0.25) is 4.90 Å². The Labute approximate surface area is 279 Å². The van der Waals surface area contributed by atoms with Gasteiger partial charge in [0.15, 0.2) is 11.5 Å². The van der Waals surface area contributed by atoms with Crippen molar-refractivity contribution in [2.75, 3.05) is 66.4 Å². The summed E-state index contributed by atoms with van der Waals surface area (Å²) in [5.41, 5.74) is -0.910. The minimum Gasteiger partial charge on any atom is -0.482 e. The predicted octanol–water partition coefficient (Wildman–Crippen LogP) is 3.66. The quantitative estimate of drug-likeness (QED) is 0.165. The molecule has 10 nitrogen and oxygen atoms in total. The van der Waals surface area contributed by atoms with E-state index >= 15 is 0 Å². The monoisotopic (exact) mass is 657 g/mol. The van der Waals surface area contributed by atoms with E-state index in [0.717, 1.165) is 50.3 Å². The molecule has 8 rings (SSSR count). The molecule has 0 aromatic heterocycles. The lowest BCUT2D eigenvalue weighted by molar-refractivity contribution is -0.305. The average Bonchev–Trinajstić information content (AvgIpc) is 3.76. The zero-order chi connectivity index (χ0) is 33.2. The lowest BCUT2D eigenvalue weighted by Gasteiger charge is -2.75. The van der Waals surface area contributed by atoms with Gasteiger partial charge in [-0.25, -0.2) is 4.79 Å². The number of likely N-dealkylation sites (tertiary alicyclic amines) is 1. The highest BCUT2D eigenvalue weighted by atomic mass is 16.6. The molecule has 5 fully saturated rings. The van der Waals surface area contributed by atoms with Gasteiger partial charge >= 0.3 is 5.97 Å². The molecule has 0 amide bonds.